The highest BCUT2D eigenvalue weighted by Crippen LogP contribution is 2.68. The molecule has 4 rings (SSSR count). The number of nitrogens with one attached hydrogen (secondary N) is 1. The zero-order valence-electron chi connectivity index (χ0n) is 23.6. The second-order valence-electron chi connectivity index (χ2n) is 13.7. The van der Waals surface area contributed by atoms with E-state index < -0.39 is 49.6 Å². The van der Waals surface area contributed by atoms with Crippen LogP contribution in [0.15, 0.2) is 0 Å². The quantitative estimate of drug-likeness (QED) is 0.224. The Balaban J connectivity index is 1.46. The van der Waals surface area contributed by atoms with Crippen LogP contribution in [0.1, 0.15) is 78.6 Å². The minimum Gasteiger partial charge on any atom is -0.481 e. The van der Waals surface area contributed by atoms with Crippen molar-refractivity contribution in [2.24, 2.45) is 46.3 Å². The van der Waals surface area contributed by atoms with Gasteiger partial charge in [0.2, 0.25) is 0 Å². The van der Waals surface area contributed by atoms with Crippen molar-refractivity contribution in [2.75, 3.05) is 19.8 Å². The molecule has 0 bridgehead atoms. The smallest absolute Gasteiger partial charge is 0.408 e. The lowest BCUT2D eigenvalue weighted by atomic mass is 9.43. The summed E-state index contributed by atoms with van der Waals surface area (Å²) in [6.07, 6.45) is 3.62. The second-order valence-corrected chi connectivity index (χ2v) is 13.7. The number of carbonyl (C=O) groups is 2. The predicted octanol–water partition coefficient (Wildman–Crippen LogP) is 1.90. The maximum Gasteiger partial charge on any atom is 0.408 e. The van der Waals surface area contributed by atoms with Crippen LogP contribution >= 0.6 is 0 Å². The molecule has 4 aliphatic carbocycles. The Morgan fingerprint density at radius 3 is 2.28 bits per heavy atom. The normalized spacial score (nSPS) is 42.6. The van der Waals surface area contributed by atoms with Crippen LogP contribution in [0, 0.1) is 46.3 Å². The fourth-order valence-electron chi connectivity index (χ4n) is 9.44. The van der Waals surface area contributed by atoms with Crippen LogP contribution in [-0.2, 0) is 9.53 Å². The molecule has 0 aliphatic heterocycles. The molecule has 7 N–H and O–H groups in total. The molecular formula is C29H49NO9. The molecule has 4 saturated carbocycles. The summed E-state index contributed by atoms with van der Waals surface area (Å²) in [6.45, 7) is 4.66. The van der Waals surface area contributed by atoms with Gasteiger partial charge in [-0.15, -0.1) is 0 Å². The molecule has 0 aromatic carbocycles. The average Bonchev–Trinajstić information content (AvgIpc) is 3.26. The molecule has 39 heavy (non-hydrogen) atoms. The third-order valence-corrected chi connectivity index (χ3v) is 11.9. The highest BCUT2D eigenvalue weighted by atomic mass is 16.6. The van der Waals surface area contributed by atoms with Crippen LogP contribution in [0.5, 0.6) is 0 Å². The Morgan fingerprint density at radius 2 is 1.67 bits per heavy atom. The minimum atomic E-state index is -1.55. The van der Waals surface area contributed by atoms with Crippen LogP contribution in [0.25, 0.3) is 0 Å². The molecule has 0 radical (unpaired) electrons. The van der Waals surface area contributed by atoms with Gasteiger partial charge < -0.3 is 40.7 Å². The molecule has 4 fully saturated rings. The molecule has 0 aromatic rings. The number of rotatable bonds is 9. The van der Waals surface area contributed by atoms with Crippen molar-refractivity contribution in [3.05, 3.63) is 0 Å². The van der Waals surface area contributed by atoms with Crippen molar-refractivity contribution in [3.63, 3.8) is 0 Å². The first-order valence-corrected chi connectivity index (χ1v) is 14.7. The molecule has 4 aliphatic rings. The van der Waals surface area contributed by atoms with Crippen LogP contribution < -0.4 is 5.32 Å². The average molecular weight is 556 g/mol. The summed E-state index contributed by atoms with van der Waals surface area (Å²) >= 11 is 0. The van der Waals surface area contributed by atoms with E-state index in [0.717, 1.165) is 19.3 Å². The molecule has 0 heterocycles. The van der Waals surface area contributed by atoms with Crippen LogP contribution in [0.3, 0.4) is 0 Å². The predicted molar refractivity (Wildman–Crippen MR) is 141 cm³/mol. The lowest BCUT2D eigenvalue weighted by Gasteiger charge is -2.63. The third-order valence-electron chi connectivity index (χ3n) is 11.9. The van der Waals surface area contributed by atoms with E-state index in [4.69, 9.17) is 4.74 Å². The lowest BCUT2D eigenvalue weighted by Crippen LogP contribution is -2.62. The number of carboxylic acids is 1. The highest BCUT2D eigenvalue weighted by molar-refractivity contribution is 5.68. The Morgan fingerprint density at radius 1 is 1.00 bits per heavy atom. The number of hydrogen-bond acceptors (Lipinski definition) is 8. The van der Waals surface area contributed by atoms with Gasteiger partial charge in [-0.2, -0.15) is 0 Å². The zero-order valence-corrected chi connectivity index (χ0v) is 23.6. The molecule has 0 saturated heterocycles. The monoisotopic (exact) mass is 555 g/mol. The molecular weight excluding hydrogens is 506 g/mol. The summed E-state index contributed by atoms with van der Waals surface area (Å²) < 4.78 is 5.65. The number of aliphatic carboxylic acids is 1. The van der Waals surface area contributed by atoms with Gasteiger partial charge in [-0.1, -0.05) is 20.8 Å². The van der Waals surface area contributed by atoms with Crippen LogP contribution in [0.2, 0.25) is 0 Å². The maximum atomic E-state index is 12.5. The molecule has 10 nitrogen and oxygen atoms in total. The van der Waals surface area contributed by atoms with E-state index in [-0.39, 0.29) is 58.9 Å². The van der Waals surface area contributed by atoms with Gasteiger partial charge in [-0.3, -0.25) is 4.79 Å². The van der Waals surface area contributed by atoms with E-state index in [1.807, 2.05) is 0 Å². The third kappa shape index (κ3) is 5.32. The number of aliphatic hydroxyl groups is 5. The fourth-order valence-corrected chi connectivity index (χ4v) is 9.44. The largest absolute Gasteiger partial charge is 0.481 e. The number of carboxylic acid groups (broad SMARTS) is 1. The standard InChI is InChI=1S/C29H49NO9/c1-16(4-7-24(36)37)19-5-6-20-25-21(12-23(35)28(19,20)3)27(2)9-8-18(10-17(27)11-22(25)34)39-26(38)30-29(13-31,14-32)15-33/h16-23,25,31-35H,4-15H2,1-3H3,(H,30,38)(H,36,37)/t16?,17-,18+,19?,20-,21?,22?,23?,25-,27?,28?/m0/s1. The van der Waals surface area contributed by atoms with E-state index in [1.165, 1.54) is 0 Å². The van der Waals surface area contributed by atoms with Gasteiger partial charge in [0.25, 0.3) is 0 Å². The molecule has 224 valence electrons. The lowest BCUT2D eigenvalue weighted by molar-refractivity contribution is -0.207. The van der Waals surface area contributed by atoms with Gasteiger partial charge in [0.1, 0.15) is 11.6 Å². The summed E-state index contributed by atoms with van der Waals surface area (Å²) in [5, 5.41) is 63.3. The van der Waals surface area contributed by atoms with E-state index in [0.29, 0.717) is 32.1 Å². The summed E-state index contributed by atoms with van der Waals surface area (Å²) in [5.41, 5.74) is -2.01. The van der Waals surface area contributed by atoms with E-state index in [1.54, 1.807) is 0 Å². The first kappa shape index (κ1) is 30.5. The molecule has 7 unspecified atom stereocenters. The Bertz CT molecular complexity index is 888. The summed E-state index contributed by atoms with van der Waals surface area (Å²) in [5.74, 6) is 0.137. The van der Waals surface area contributed by atoms with Gasteiger partial charge in [0.05, 0.1) is 32.0 Å². The van der Waals surface area contributed by atoms with E-state index in [9.17, 15) is 40.2 Å². The van der Waals surface area contributed by atoms with Gasteiger partial charge in [-0.25, -0.2) is 4.79 Å². The van der Waals surface area contributed by atoms with E-state index in [2.05, 4.69) is 26.1 Å². The van der Waals surface area contributed by atoms with Crippen molar-refractivity contribution in [3.8, 4) is 0 Å². The number of hydrogen-bond donors (Lipinski definition) is 7. The number of alkyl carbamates (subject to hydrolysis) is 1. The Kier molecular flexibility index (Phi) is 8.94. The van der Waals surface area contributed by atoms with Crippen LogP contribution in [0.4, 0.5) is 4.79 Å². The van der Waals surface area contributed by atoms with Gasteiger partial charge >= 0.3 is 12.1 Å². The SMILES string of the molecule is CC(CCC(=O)O)C1CC[C@H]2[C@@H]3C(O)C[C@@H]4C[C@H](OC(=O)NC(CO)(CO)CO)CCC4(C)C3CC(O)C12C. The Hall–Kier alpha value is -1.46. The van der Waals surface area contributed by atoms with Gasteiger partial charge in [0, 0.05) is 6.42 Å². The summed E-state index contributed by atoms with van der Waals surface area (Å²) in [6, 6.07) is 0. The van der Waals surface area contributed by atoms with Crippen molar-refractivity contribution in [1.82, 2.24) is 5.32 Å². The summed E-state index contributed by atoms with van der Waals surface area (Å²) in [7, 11) is 0. The zero-order chi connectivity index (χ0) is 28.8. The fraction of sp³-hybridized carbons (Fsp3) is 0.931. The van der Waals surface area contributed by atoms with Gasteiger partial charge in [0.15, 0.2) is 0 Å². The highest BCUT2D eigenvalue weighted by Gasteiger charge is 2.65. The number of amides is 1. The first-order valence-electron chi connectivity index (χ1n) is 14.7. The van der Waals surface area contributed by atoms with E-state index >= 15 is 0 Å². The van der Waals surface area contributed by atoms with Crippen molar-refractivity contribution < 1.29 is 45.0 Å². The second kappa shape index (κ2) is 11.4. The topological polar surface area (TPSA) is 177 Å². The molecule has 0 spiro atoms. The molecule has 10 heteroatoms. The number of carbonyl (C=O) groups excluding carboxylic acids is 1. The maximum absolute atomic E-state index is 12.5. The van der Waals surface area contributed by atoms with Crippen molar-refractivity contribution in [1.29, 1.82) is 0 Å². The molecule has 11 atom stereocenters. The number of aliphatic hydroxyl groups excluding tert-OH is 5. The molecule has 1 amide bonds. The van der Waals surface area contributed by atoms with Crippen molar-refractivity contribution >= 4 is 12.1 Å². The Labute approximate surface area is 231 Å². The first-order chi connectivity index (χ1) is 18.3. The molecule has 0 aromatic heterocycles. The number of fused-ring (bicyclic) bond motifs is 5. The van der Waals surface area contributed by atoms with Crippen molar-refractivity contribution in [2.45, 2.75) is 102 Å². The number of ether oxygens (including phenoxy) is 1. The summed E-state index contributed by atoms with van der Waals surface area (Å²) in [4.78, 5) is 23.7. The minimum absolute atomic E-state index is 0.0800. The van der Waals surface area contributed by atoms with Crippen LogP contribution in [-0.4, -0.2) is 86.4 Å². The van der Waals surface area contributed by atoms with Gasteiger partial charge in [-0.05, 0) is 97.7 Å².